The minimum absolute atomic E-state index is 0.869. The molecule has 1 aliphatic rings. The van der Waals surface area contributed by atoms with E-state index in [0.29, 0.717) is 0 Å². The molecule has 2 aromatic rings. The van der Waals surface area contributed by atoms with Crippen LogP contribution in [0.25, 0.3) is 0 Å². The van der Waals surface area contributed by atoms with Crippen molar-refractivity contribution in [3.8, 4) is 0 Å². The largest absolute Gasteiger partial charge is 0.378 e. The molecule has 1 fully saturated rings. The molecule has 2 heterocycles. The normalized spacial score (nSPS) is 15.3. The van der Waals surface area contributed by atoms with Crippen LogP contribution in [0.1, 0.15) is 25.0 Å². The van der Waals surface area contributed by atoms with Gasteiger partial charge in [-0.1, -0.05) is 12.1 Å². The van der Waals surface area contributed by atoms with Gasteiger partial charge in [0.05, 0.1) is 17.9 Å². The first-order valence-electron chi connectivity index (χ1n) is 7.52. The van der Waals surface area contributed by atoms with E-state index in [1.807, 2.05) is 0 Å². The van der Waals surface area contributed by atoms with Gasteiger partial charge in [0.2, 0.25) is 0 Å². The Kier molecular flexibility index (Phi) is 3.95. The third-order valence-corrected chi connectivity index (χ3v) is 4.11. The Balaban J connectivity index is 1.74. The van der Waals surface area contributed by atoms with Crippen LogP contribution >= 0.6 is 0 Å². The summed E-state index contributed by atoms with van der Waals surface area (Å²) < 4.78 is 2.16. The summed E-state index contributed by atoms with van der Waals surface area (Å²) >= 11 is 0. The second-order valence-electron chi connectivity index (χ2n) is 5.53. The van der Waals surface area contributed by atoms with Crippen molar-refractivity contribution in [3.63, 3.8) is 0 Å². The summed E-state index contributed by atoms with van der Waals surface area (Å²) in [6.07, 6.45) is 6.08. The van der Waals surface area contributed by atoms with Crippen LogP contribution in [0.2, 0.25) is 0 Å². The van der Waals surface area contributed by atoms with Crippen molar-refractivity contribution in [2.24, 2.45) is 7.05 Å². The van der Waals surface area contributed by atoms with Crippen LogP contribution in [0.4, 0.5) is 11.4 Å². The Morgan fingerprint density at radius 1 is 1.00 bits per heavy atom. The Bertz CT molecular complexity index is 553. The fourth-order valence-electron chi connectivity index (χ4n) is 2.90. The zero-order chi connectivity index (χ0) is 13.8. The SMILES string of the molecule is Cn1cccc1CNc1ccccc1N1CCCCC1. The monoisotopic (exact) mass is 269 g/mol. The number of aromatic nitrogens is 1. The highest BCUT2D eigenvalue weighted by molar-refractivity contribution is 5.70. The predicted octanol–water partition coefficient (Wildman–Crippen LogP) is 3.63. The topological polar surface area (TPSA) is 20.2 Å². The summed E-state index contributed by atoms with van der Waals surface area (Å²) in [6, 6.07) is 12.9. The highest BCUT2D eigenvalue weighted by atomic mass is 15.1. The molecule has 1 saturated heterocycles. The second-order valence-corrected chi connectivity index (χ2v) is 5.53. The number of nitrogens with zero attached hydrogens (tertiary/aromatic N) is 2. The number of piperidine rings is 1. The minimum atomic E-state index is 0.869. The fourth-order valence-corrected chi connectivity index (χ4v) is 2.90. The van der Waals surface area contributed by atoms with E-state index in [2.05, 4.69) is 64.4 Å². The summed E-state index contributed by atoms with van der Waals surface area (Å²) in [7, 11) is 2.09. The standard InChI is InChI=1S/C17H23N3/c1-19-11-7-8-15(19)14-18-16-9-3-4-10-17(16)20-12-5-2-6-13-20/h3-4,7-11,18H,2,5-6,12-14H2,1H3. The van der Waals surface area contributed by atoms with E-state index in [1.54, 1.807) is 0 Å². The van der Waals surface area contributed by atoms with Gasteiger partial charge in [-0.05, 0) is 43.5 Å². The van der Waals surface area contributed by atoms with E-state index < -0.39 is 0 Å². The maximum absolute atomic E-state index is 3.59. The number of para-hydroxylation sites is 2. The van der Waals surface area contributed by atoms with Crippen LogP contribution in [0.15, 0.2) is 42.6 Å². The van der Waals surface area contributed by atoms with Crippen molar-refractivity contribution < 1.29 is 0 Å². The van der Waals surface area contributed by atoms with Gasteiger partial charge >= 0.3 is 0 Å². The second kappa shape index (κ2) is 6.04. The van der Waals surface area contributed by atoms with Crippen molar-refractivity contribution in [1.29, 1.82) is 0 Å². The van der Waals surface area contributed by atoms with Crippen molar-refractivity contribution >= 4 is 11.4 Å². The first-order chi connectivity index (χ1) is 9.84. The van der Waals surface area contributed by atoms with Gasteiger partial charge in [-0.15, -0.1) is 0 Å². The molecule has 0 bridgehead atoms. The van der Waals surface area contributed by atoms with E-state index in [-0.39, 0.29) is 0 Å². The third-order valence-electron chi connectivity index (χ3n) is 4.11. The highest BCUT2D eigenvalue weighted by Gasteiger charge is 2.13. The van der Waals surface area contributed by atoms with E-state index in [9.17, 15) is 0 Å². The molecule has 0 aliphatic carbocycles. The number of hydrogen-bond donors (Lipinski definition) is 1. The maximum Gasteiger partial charge on any atom is 0.0602 e. The lowest BCUT2D eigenvalue weighted by molar-refractivity contribution is 0.578. The molecule has 1 N–H and O–H groups in total. The van der Waals surface area contributed by atoms with Crippen LogP contribution < -0.4 is 10.2 Å². The van der Waals surface area contributed by atoms with E-state index in [1.165, 1.54) is 49.4 Å². The molecule has 1 aliphatic heterocycles. The predicted molar refractivity (Wildman–Crippen MR) is 85.2 cm³/mol. The average molecular weight is 269 g/mol. The summed E-state index contributed by atoms with van der Waals surface area (Å²) in [5.41, 5.74) is 3.90. The molecule has 3 nitrogen and oxygen atoms in total. The molecule has 1 aromatic heterocycles. The Labute approximate surface area is 121 Å². The van der Waals surface area contributed by atoms with E-state index >= 15 is 0 Å². The Morgan fingerprint density at radius 3 is 2.55 bits per heavy atom. The first-order valence-corrected chi connectivity index (χ1v) is 7.52. The van der Waals surface area contributed by atoms with Gasteiger partial charge in [0.1, 0.15) is 0 Å². The van der Waals surface area contributed by atoms with Gasteiger partial charge in [0.25, 0.3) is 0 Å². The smallest absolute Gasteiger partial charge is 0.0602 e. The Morgan fingerprint density at radius 2 is 1.80 bits per heavy atom. The van der Waals surface area contributed by atoms with E-state index in [0.717, 1.165) is 6.54 Å². The fraction of sp³-hybridized carbons (Fsp3) is 0.412. The molecular weight excluding hydrogens is 246 g/mol. The average Bonchev–Trinajstić information content (AvgIpc) is 2.92. The van der Waals surface area contributed by atoms with Crippen LogP contribution in [0.3, 0.4) is 0 Å². The maximum atomic E-state index is 3.59. The van der Waals surface area contributed by atoms with Crippen molar-refractivity contribution in [3.05, 3.63) is 48.3 Å². The van der Waals surface area contributed by atoms with Gasteiger partial charge in [0.15, 0.2) is 0 Å². The molecule has 0 saturated carbocycles. The van der Waals surface area contributed by atoms with Crippen molar-refractivity contribution in [2.75, 3.05) is 23.3 Å². The van der Waals surface area contributed by atoms with Gasteiger partial charge in [-0.3, -0.25) is 0 Å². The lowest BCUT2D eigenvalue weighted by Crippen LogP contribution is -2.30. The van der Waals surface area contributed by atoms with E-state index in [4.69, 9.17) is 0 Å². The summed E-state index contributed by atoms with van der Waals surface area (Å²) in [6.45, 7) is 3.24. The first kappa shape index (κ1) is 13.1. The zero-order valence-corrected chi connectivity index (χ0v) is 12.2. The van der Waals surface area contributed by atoms with Crippen molar-refractivity contribution in [1.82, 2.24) is 4.57 Å². The van der Waals surface area contributed by atoms with Gasteiger partial charge in [-0.25, -0.2) is 0 Å². The molecule has 0 unspecified atom stereocenters. The molecule has 106 valence electrons. The summed E-state index contributed by atoms with van der Waals surface area (Å²) in [5, 5.41) is 3.59. The lowest BCUT2D eigenvalue weighted by Gasteiger charge is -2.30. The third kappa shape index (κ3) is 2.82. The molecule has 3 rings (SSSR count). The Hall–Kier alpha value is -1.90. The lowest BCUT2D eigenvalue weighted by atomic mass is 10.1. The number of aryl methyl sites for hydroxylation is 1. The quantitative estimate of drug-likeness (QED) is 0.914. The van der Waals surface area contributed by atoms with Crippen LogP contribution in [0, 0.1) is 0 Å². The van der Waals surface area contributed by atoms with Crippen molar-refractivity contribution in [2.45, 2.75) is 25.8 Å². The number of anilines is 2. The number of benzene rings is 1. The van der Waals surface area contributed by atoms with Gasteiger partial charge in [-0.2, -0.15) is 0 Å². The molecule has 1 aromatic carbocycles. The summed E-state index contributed by atoms with van der Waals surface area (Å²) in [5.74, 6) is 0. The molecular formula is C17H23N3. The molecule has 0 radical (unpaired) electrons. The molecule has 0 atom stereocenters. The van der Waals surface area contributed by atoms with Crippen LogP contribution in [-0.2, 0) is 13.6 Å². The summed E-state index contributed by atoms with van der Waals surface area (Å²) in [4.78, 5) is 2.51. The molecule has 20 heavy (non-hydrogen) atoms. The van der Waals surface area contributed by atoms with Gasteiger partial charge in [0, 0.05) is 32.0 Å². The number of rotatable bonds is 4. The van der Waals surface area contributed by atoms with Crippen LogP contribution in [-0.4, -0.2) is 17.7 Å². The molecule has 0 spiro atoms. The number of hydrogen-bond acceptors (Lipinski definition) is 2. The van der Waals surface area contributed by atoms with Gasteiger partial charge < -0.3 is 14.8 Å². The minimum Gasteiger partial charge on any atom is -0.378 e. The highest BCUT2D eigenvalue weighted by Crippen LogP contribution is 2.28. The number of nitrogens with one attached hydrogen (secondary N) is 1. The zero-order valence-electron chi connectivity index (χ0n) is 12.2. The molecule has 0 amide bonds. The molecule has 3 heteroatoms. The van der Waals surface area contributed by atoms with Crippen LogP contribution in [0.5, 0.6) is 0 Å².